The number of rotatable bonds is 6. The van der Waals surface area contributed by atoms with E-state index in [4.69, 9.17) is 5.11 Å². The van der Waals surface area contributed by atoms with Crippen LogP contribution in [0.3, 0.4) is 0 Å². The van der Waals surface area contributed by atoms with Crippen molar-refractivity contribution in [3.05, 3.63) is 40.9 Å². The van der Waals surface area contributed by atoms with Gasteiger partial charge in [0.25, 0.3) is 5.56 Å². The first-order valence-electron chi connectivity index (χ1n) is 6.35. The highest BCUT2D eigenvalue weighted by Gasteiger charge is 2.04. The van der Waals surface area contributed by atoms with E-state index in [0.29, 0.717) is 17.8 Å². The number of hydrogen-bond donors (Lipinski definition) is 1. The molecule has 2 rings (SSSR count). The fraction of sp³-hybridized carbons (Fsp3) is 0.429. The van der Waals surface area contributed by atoms with Gasteiger partial charge in [-0.2, -0.15) is 11.8 Å². The molecule has 102 valence electrons. The zero-order chi connectivity index (χ0) is 13.7. The number of para-hydroxylation sites is 1. The van der Waals surface area contributed by atoms with Gasteiger partial charge in [-0.15, -0.1) is 0 Å². The molecule has 4 nitrogen and oxygen atoms in total. The van der Waals surface area contributed by atoms with E-state index >= 15 is 0 Å². The number of fused-ring (bicyclic) bond motifs is 1. The second-order valence-corrected chi connectivity index (χ2v) is 5.77. The molecule has 0 radical (unpaired) electrons. The molecule has 1 aromatic carbocycles. The number of hydrogen-bond acceptors (Lipinski definition) is 4. The third-order valence-electron chi connectivity index (χ3n) is 2.92. The Morgan fingerprint density at radius 2 is 2.21 bits per heavy atom. The van der Waals surface area contributed by atoms with Gasteiger partial charge in [0.15, 0.2) is 0 Å². The van der Waals surface area contributed by atoms with Crippen LogP contribution in [-0.4, -0.2) is 32.8 Å². The van der Waals surface area contributed by atoms with Crippen LogP contribution in [-0.2, 0) is 6.54 Å². The zero-order valence-electron chi connectivity index (χ0n) is 11.0. The standard InChI is InChI=1S/C14H18N2O2S/c1-11(8-17)9-19-7-6-16-10-15-13-5-3-2-4-12(13)14(16)18/h2-5,10-11,17H,6-9H2,1H3. The fourth-order valence-corrected chi connectivity index (χ4v) is 2.77. The minimum atomic E-state index is 0.0152. The zero-order valence-corrected chi connectivity index (χ0v) is 11.8. The smallest absolute Gasteiger partial charge is 0.261 e. The Hall–Kier alpha value is -1.33. The summed E-state index contributed by atoms with van der Waals surface area (Å²) in [6.45, 7) is 2.88. The monoisotopic (exact) mass is 278 g/mol. The SMILES string of the molecule is CC(CO)CSCCn1cnc2ccccc2c1=O. The first-order chi connectivity index (χ1) is 9.22. The molecular weight excluding hydrogens is 260 g/mol. The van der Waals surface area contributed by atoms with E-state index in [-0.39, 0.29) is 12.2 Å². The Balaban J connectivity index is 2.01. The molecule has 0 saturated heterocycles. The predicted molar refractivity (Wildman–Crippen MR) is 79.6 cm³/mol. The van der Waals surface area contributed by atoms with Crippen LogP contribution in [0.15, 0.2) is 35.4 Å². The molecule has 0 aliphatic carbocycles. The van der Waals surface area contributed by atoms with E-state index in [2.05, 4.69) is 4.98 Å². The Kier molecular flexibility index (Phi) is 4.99. The minimum absolute atomic E-state index is 0.0152. The average Bonchev–Trinajstić information content (AvgIpc) is 2.45. The van der Waals surface area contributed by atoms with Crippen LogP contribution >= 0.6 is 11.8 Å². The summed E-state index contributed by atoms with van der Waals surface area (Å²) in [5.74, 6) is 2.06. The summed E-state index contributed by atoms with van der Waals surface area (Å²) in [5, 5.41) is 9.60. The van der Waals surface area contributed by atoms with E-state index in [1.807, 2.05) is 31.2 Å². The van der Waals surface area contributed by atoms with Crippen molar-refractivity contribution in [2.24, 2.45) is 5.92 Å². The lowest BCUT2D eigenvalue weighted by Gasteiger charge is -2.08. The molecule has 0 amide bonds. The van der Waals surface area contributed by atoms with Crippen LogP contribution < -0.4 is 5.56 Å². The number of aromatic nitrogens is 2. The van der Waals surface area contributed by atoms with E-state index in [1.165, 1.54) is 0 Å². The topological polar surface area (TPSA) is 55.1 Å². The van der Waals surface area contributed by atoms with Crippen molar-refractivity contribution in [2.45, 2.75) is 13.5 Å². The quantitative estimate of drug-likeness (QED) is 0.818. The van der Waals surface area contributed by atoms with E-state index < -0.39 is 0 Å². The summed E-state index contributed by atoms with van der Waals surface area (Å²) in [7, 11) is 0. The number of nitrogens with zero attached hydrogens (tertiary/aromatic N) is 2. The molecule has 1 heterocycles. The normalized spacial score (nSPS) is 12.7. The first kappa shape index (κ1) is 14.1. The Labute approximate surface area is 116 Å². The molecule has 19 heavy (non-hydrogen) atoms. The lowest BCUT2D eigenvalue weighted by Crippen LogP contribution is -2.21. The Morgan fingerprint density at radius 3 is 3.00 bits per heavy atom. The predicted octanol–water partition coefficient (Wildman–Crippen LogP) is 1.76. The third-order valence-corrected chi connectivity index (χ3v) is 4.20. The molecule has 1 unspecified atom stereocenters. The maximum Gasteiger partial charge on any atom is 0.261 e. The van der Waals surface area contributed by atoms with E-state index in [0.717, 1.165) is 17.0 Å². The molecule has 0 aliphatic heterocycles. The summed E-state index contributed by atoms with van der Waals surface area (Å²) < 4.78 is 1.65. The lowest BCUT2D eigenvalue weighted by atomic mass is 10.2. The van der Waals surface area contributed by atoms with Crippen LogP contribution in [0.5, 0.6) is 0 Å². The molecular formula is C14H18N2O2S. The Morgan fingerprint density at radius 1 is 1.42 bits per heavy atom. The maximum absolute atomic E-state index is 12.2. The molecule has 1 aromatic heterocycles. The van der Waals surface area contributed by atoms with Crippen molar-refractivity contribution in [1.82, 2.24) is 9.55 Å². The maximum atomic E-state index is 12.2. The van der Waals surface area contributed by atoms with Gasteiger partial charge < -0.3 is 5.11 Å². The third kappa shape index (κ3) is 3.58. The van der Waals surface area contributed by atoms with Crippen LogP contribution in [0.25, 0.3) is 10.9 Å². The second-order valence-electron chi connectivity index (χ2n) is 4.62. The van der Waals surface area contributed by atoms with Crippen LogP contribution in [0.1, 0.15) is 6.92 Å². The van der Waals surface area contributed by atoms with Gasteiger partial charge >= 0.3 is 0 Å². The van der Waals surface area contributed by atoms with Gasteiger partial charge in [0.2, 0.25) is 0 Å². The number of benzene rings is 1. The molecule has 0 aliphatic rings. The molecule has 1 atom stereocenters. The molecule has 0 saturated carbocycles. The number of aliphatic hydroxyl groups is 1. The lowest BCUT2D eigenvalue weighted by molar-refractivity contribution is 0.250. The van der Waals surface area contributed by atoms with Gasteiger partial charge in [-0.25, -0.2) is 4.98 Å². The van der Waals surface area contributed by atoms with Crippen molar-refractivity contribution in [3.63, 3.8) is 0 Å². The highest BCUT2D eigenvalue weighted by Crippen LogP contribution is 2.09. The number of aryl methyl sites for hydroxylation is 1. The summed E-state index contributed by atoms with van der Waals surface area (Å²) in [4.78, 5) is 16.5. The minimum Gasteiger partial charge on any atom is -0.396 e. The summed E-state index contributed by atoms with van der Waals surface area (Å²) in [6, 6.07) is 7.39. The Bertz CT molecular complexity index is 597. The van der Waals surface area contributed by atoms with Gasteiger partial charge in [-0.05, 0) is 23.8 Å². The number of thioether (sulfide) groups is 1. The highest BCUT2D eigenvalue weighted by molar-refractivity contribution is 7.99. The van der Waals surface area contributed by atoms with Crippen molar-refractivity contribution >= 4 is 22.7 Å². The molecule has 1 N–H and O–H groups in total. The van der Waals surface area contributed by atoms with E-state index in [1.54, 1.807) is 22.7 Å². The first-order valence-corrected chi connectivity index (χ1v) is 7.50. The van der Waals surface area contributed by atoms with Gasteiger partial charge in [0.05, 0.1) is 17.2 Å². The fourth-order valence-electron chi connectivity index (χ4n) is 1.77. The summed E-state index contributed by atoms with van der Waals surface area (Å²) in [6.07, 6.45) is 1.61. The van der Waals surface area contributed by atoms with Gasteiger partial charge in [-0.1, -0.05) is 19.1 Å². The van der Waals surface area contributed by atoms with Crippen molar-refractivity contribution in [1.29, 1.82) is 0 Å². The summed E-state index contributed by atoms with van der Waals surface area (Å²) in [5.41, 5.74) is 0.756. The van der Waals surface area contributed by atoms with Crippen molar-refractivity contribution in [3.8, 4) is 0 Å². The molecule has 0 spiro atoms. The molecule has 0 bridgehead atoms. The van der Waals surface area contributed by atoms with E-state index in [9.17, 15) is 4.79 Å². The molecule has 0 fully saturated rings. The van der Waals surface area contributed by atoms with Crippen molar-refractivity contribution in [2.75, 3.05) is 18.1 Å². The number of aliphatic hydroxyl groups excluding tert-OH is 1. The molecule has 2 aromatic rings. The van der Waals surface area contributed by atoms with Crippen LogP contribution in [0.4, 0.5) is 0 Å². The van der Waals surface area contributed by atoms with Crippen LogP contribution in [0, 0.1) is 5.92 Å². The van der Waals surface area contributed by atoms with Gasteiger partial charge in [0, 0.05) is 18.9 Å². The summed E-state index contributed by atoms with van der Waals surface area (Å²) >= 11 is 1.75. The largest absolute Gasteiger partial charge is 0.396 e. The second kappa shape index (κ2) is 6.73. The van der Waals surface area contributed by atoms with Crippen LogP contribution in [0.2, 0.25) is 0 Å². The highest BCUT2D eigenvalue weighted by atomic mass is 32.2. The molecule has 5 heteroatoms. The average molecular weight is 278 g/mol. The van der Waals surface area contributed by atoms with Crippen molar-refractivity contribution < 1.29 is 5.11 Å². The van der Waals surface area contributed by atoms with Gasteiger partial charge in [-0.3, -0.25) is 9.36 Å². The van der Waals surface area contributed by atoms with Gasteiger partial charge in [0.1, 0.15) is 0 Å².